The monoisotopic (exact) mass is 1260 g/mol. The maximum atomic E-state index is 14.1. The Bertz CT molecular complexity index is 3820. The van der Waals surface area contributed by atoms with Crippen LogP contribution >= 0.6 is 23.2 Å². The Kier molecular flexibility index (Phi) is 19.0. The average Bonchev–Trinajstić information content (AvgIpc) is 1.72. The Hall–Kier alpha value is -7.67. The number of hydrogen-bond acceptors (Lipinski definition) is 17. The molecule has 0 bridgehead atoms. The molecular formula is C55H64Cl2F6N16O8. The Balaban J connectivity index is 0.000000210. The molecular weight excluding hydrogens is 1200 g/mol. The topological polar surface area (TPSA) is 255 Å². The van der Waals surface area contributed by atoms with Gasteiger partial charge in [-0.3, -0.25) is 19.2 Å². The molecule has 10 heterocycles. The molecule has 0 radical (unpaired) electrons. The van der Waals surface area contributed by atoms with Gasteiger partial charge in [0, 0.05) is 52.4 Å². The smallest absolute Gasteiger partial charge is 0.434 e. The van der Waals surface area contributed by atoms with Crippen LogP contribution in [0.5, 0.6) is 0 Å². The summed E-state index contributed by atoms with van der Waals surface area (Å²) in [7, 11) is 0. The van der Waals surface area contributed by atoms with Gasteiger partial charge < -0.3 is 54.0 Å². The lowest BCUT2D eigenvalue weighted by molar-refractivity contribution is -0.141. The largest absolute Gasteiger partial charge is 0.444 e. The van der Waals surface area contributed by atoms with Crippen LogP contribution in [0.2, 0.25) is 10.0 Å². The van der Waals surface area contributed by atoms with Gasteiger partial charge in [-0.15, -0.1) is 10.2 Å². The highest BCUT2D eigenvalue weighted by atomic mass is 35.5. The summed E-state index contributed by atoms with van der Waals surface area (Å²) in [6.07, 6.45) is -4.38. The lowest BCUT2D eigenvalue weighted by atomic mass is 10.1. The number of amides is 3. The number of nitrogens with zero attached hydrogens (tertiary/aromatic N) is 13. The van der Waals surface area contributed by atoms with E-state index in [0.29, 0.717) is 139 Å². The second-order valence-corrected chi connectivity index (χ2v) is 22.5. The molecule has 0 saturated carbocycles. The molecule has 3 N–H and O–H groups in total. The Labute approximate surface area is 503 Å². The van der Waals surface area contributed by atoms with Gasteiger partial charge in [-0.25, -0.2) is 14.8 Å². The highest BCUT2D eigenvalue weighted by Gasteiger charge is 2.38. The number of carbonyl (C=O) groups is 3. The summed E-state index contributed by atoms with van der Waals surface area (Å²) in [4.78, 5) is 89.1. The van der Waals surface area contributed by atoms with Crippen molar-refractivity contribution >= 4 is 86.6 Å². The van der Waals surface area contributed by atoms with E-state index in [2.05, 4.69) is 46.1 Å². The second-order valence-electron chi connectivity index (χ2n) is 21.7. The van der Waals surface area contributed by atoms with Crippen LogP contribution in [0.4, 0.5) is 53.9 Å². The molecule has 0 spiro atoms. The first-order chi connectivity index (χ1) is 41.1. The minimum absolute atomic E-state index is 0.0103. The summed E-state index contributed by atoms with van der Waals surface area (Å²) >= 11 is 11.7. The van der Waals surface area contributed by atoms with E-state index in [1.165, 1.54) is 18.4 Å². The number of hydrogen-bond donors (Lipinski definition) is 3. The van der Waals surface area contributed by atoms with Crippen LogP contribution in [0.3, 0.4) is 0 Å². The fraction of sp³-hybridized carbons (Fsp3) is 0.509. The number of aryl methyl sites for hydroxylation is 2. The zero-order chi connectivity index (χ0) is 62.9. The van der Waals surface area contributed by atoms with Crippen molar-refractivity contribution in [2.75, 3.05) is 99.2 Å². The average molecular weight is 1260 g/mol. The summed E-state index contributed by atoms with van der Waals surface area (Å²) in [5, 5.41) is 16.3. The minimum atomic E-state index is -4.76. The van der Waals surface area contributed by atoms with E-state index in [1.54, 1.807) is 34.8 Å². The normalized spacial score (nSPS) is 16.1. The van der Waals surface area contributed by atoms with Crippen LogP contribution < -0.4 is 36.9 Å². The van der Waals surface area contributed by atoms with Crippen molar-refractivity contribution in [3.63, 3.8) is 0 Å². The number of anilines is 4. The molecule has 2 fully saturated rings. The van der Waals surface area contributed by atoms with E-state index in [0.717, 1.165) is 27.8 Å². The summed E-state index contributed by atoms with van der Waals surface area (Å²) in [6, 6.07) is 2.04. The molecule has 32 heteroatoms. The molecule has 0 aliphatic carbocycles. The maximum absolute atomic E-state index is 14.1. The van der Waals surface area contributed by atoms with Crippen LogP contribution in [0.25, 0.3) is 22.7 Å². The van der Waals surface area contributed by atoms with Gasteiger partial charge in [-0.1, -0.05) is 49.2 Å². The van der Waals surface area contributed by atoms with Gasteiger partial charge in [-0.2, -0.15) is 45.3 Å². The number of halogens is 8. The predicted octanol–water partition coefficient (Wildman–Crippen LogP) is 7.01. The van der Waals surface area contributed by atoms with Crippen LogP contribution in [0.1, 0.15) is 93.3 Å². The summed E-state index contributed by atoms with van der Waals surface area (Å²) in [5.74, 6) is -0.144. The number of alkyl halides is 6. The van der Waals surface area contributed by atoms with E-state index < -0.39 is 62.9 Å². The minimum Gasteiger partial charge on any atom is -0.444 e. The van der Waals surface area contributed by atoms with E-state index in [-0.39, 0.29) is 53.0 Å². The second kappa shape index (κ2) is 26.0. The number of nitrogens with one attached hydrogen (secondary N) is 3. The van der Waals surface area contributed by atoms with Gasteiger partial charge in [0.2, 0.25) is 23.4 Å². The number of aromatic nitrogens is 10. The quantitative estimate of drug-likeness (QED) is 0.104. The Morgan fingerprint density at radius 2 is 1.06 bits per heavy atom. The lowest BCUT2D eigenvalue weighted by Gasteiger charge is -2.37. The van der Waals surface area contributed by atoms with E-state index in [1.807, 2.05) is 35.8 Å². The zero-order valence-electron chi connectivity index (χ0n) is 48.6. The van der Waals surface area contributed by atoms with Gasteiger partial charge in [0.15, 0.2) is 23.0 Å². The molecule has 87 heavy (non-hydrogen) atoms. The van der Waals surface area contributed by atoms with Gasteiger partial charge in [0.1, 0.15) is 30.1 Å². The fourth-order valence-electron chi connectivity index (χ4n) is 10.4. The van der Waals surface area contributed by atoms with Crippen molar-refractivity contribution in [2.45, 2.75) is 105 Å². The number of fused-ring (bicyclic) bond motifs is 2. The van der Waals surface area contributed by atoms with E-state index in [4.69, 9.17) is 37.4 Å². The maximum Gasteiger partial charge on any atom is 0.434 e. The number of pyridine rings is 2. The SMILES string of the molecule is CCc1c(N2CCN(C(=O)OC(C)(C)C)CC2)c(=O)n2nc(C3=CCOCC3)nc2n1CC(=O)Nc1cc(Cl)c(C(F)(F)F)nc1C.CCc1c(N2CCNCC2)c(=O)n2nc(C3=CCOCC3)nc2n1CC(=O)Nc1cc(Cl)c(C(F)(F)F)nc1C. The highest BCUT2D eigenvalue weighted by Crippen LogP contribution is 2.37. The van der Waals surface area contributed by atoms with E-state index in [9.17, 15) is 50.3 Å². The predicted molar refractivity (Wildman–Crippen MR) is 310 cm³/mol. The number of ether oxygens (including phenoxy) is 3. The molecule has 0 aromatic carbocycles. The first-order valence-corrected chi connectivity index (χ1v) is 28.8. The zero-order valence-corrected chi connectivity index (χ0v) is 50.2. The summed E-state index contributed by atoms with van der Waals surface area (Å²) < 4.78 is 101. The molecule has 6 aromatic heterocycles. The van der Waals surface area contributed by atoms with Gasteiger partial charge >= 0.3 is 18.4 Å². The van der Waals surface area contributed by atoms with Crippen molar-refractivity contribution in [3.8, 4) is 0 Å². The first kappa shape index (κ1) is 63.8. The molecule has 24 nitrogen and oxygen atoms in total. The summed E-state index contributed by atoms with van der Waals surface area (Å²) in [6.45, 7) is 16.7. The third-order valence-electron chi connectivity index (χ3n) is 14.5. The Morgan fingerprint density at radius 1 is 0.644 bits per heavy atom. The molecule has 6 aromatic rings. The molecule has 468 valence electrons. The lowest BCUT2D eigenvalue weighted by Crippen LogP contribution is -2.51. The molecule has 4 aliphatic rings. The molecule has 0 unspecified atom stereocenters. The van der Waals surface area contributed by atoms with Crippen molar-refractivity contribution < 1.29 is 54.9 Å². The third kappa shape index (κ3) is 14.2. The standard InChI is InChI=1S/C30H36ClF3N8O5.C25H28ClF3N8O3/c1-6-21-23(39-9-11-40(12-10-39)28(45)47-29(3,4)5)26(44)42-27(37-25(38-42)18-7-13-46-14-8-18)41(21)16-22(43)36-20-15-19(31)24(30(32,33)34)35-17(20)2;1-3-18-20(35-8-6-30-7-9-35)23(39)37-24(33-22(34-37)15-4-10-40-11-5-15)36(18)13-19(38)32-17-12-16(26)21(25(27,28)29)31-14(17)2/h7,15H,6,8-14,16H2,1-5H3,(H,36,43);4,12,30H,3,5-11,13H2,1-2H3,(H,32,38). The number of piperazine rings is 2. The Morgan fingerprint density at radius 3 is 1.43 bits per heavy atom. The van der Waals surface area contributed by atoms with Crippen LogP contribution in [-0.4, -0.2) is 155 Å². The highest BCUT2D eigenvalue weighted by molar-refractivity contribution is 6.32. The molecule has 4 aliphatic heterocycles. The van der Waals surface area contributed by atoms with Crippen LogP contribution in [-0.2, 0) is 62.1 Å². The van der Waals surface area contributed by atoms with Crippen LogP contribution in [0, 0.1) is 13.8 Å². The molecule has 2 saturated heterocycles. The van der Waals surface area contributed by atoms with Crippen LogP contribution in [0.15, 0.2) is 33.9 Å². The van der Waals surface area contributed by atoms with Gasteiger partial charge in [0.25, 0.3) is 11.1 Å². The first-order valence-electron chi connectivity index (χ1n) is 28.0. The fourth-order valence-corrected chi connectivity index (χ4v) is 10.9. The molecule has 10 rings (SSSR count). The van der Waals surface area contributed by atoms with E-state index >= 15 is 0 Å². The third-order valence-corrected chi connectivity index (χ3v) is 15.1. The van der Waals surface area contributed by atoms with Crippen molar-refractivity contribution in [1.82, 2.24) is 58.5 Å². The van der Waals surface area contributed by atoms with Crippen molar-refractivity contribution in [2.24, 2.45) is 0 Å². The summed E-state index contributed by atoms with van der Waals surface area (Å²) in [5.41, 5.74) is -0.445. The molecule has 0 atom stereocenters. The number of carbonyl (C=O) groups excluding carboxylic acids is 3. The van der Waals surface area contributed by atoms with Gasteiger partial charge in [-0.05, 0) is 83.6 Å². The van der Waals surface area contributed by atoms with Crippen molar-refractivity contribution in [1.29, 1.82) is 0 Å². The van der Waals surface area contributed by atoms with Gasteiger partial charge in [0.05, 0.1) is 70.6 Å². The molecule has 3 amide bonds. The van der Waals surface area contributed by atoms with Crippen molar-refractivity contribution in [3.05, 3.63) is 101 Å². The number of rotatable bonds is 12.